The van der Waals surface area contributed by atoms with Crippen molar-refractivity contribution in [3.05, 3.63) is 12.7 Å². The molecular formula is C14H19N7O4S2. The summed E-state index contributed by atoms with van der Waals surface area (Å²) in [7, 11) is 0. The average Bonchev–Trinajstić information content (AvgIpc) is 3.16. The molecule has 3 unspecified atom stereocenters. The summed E-state index contributed by atoms with van der Waals surface area (Å²) >= 11 is 2.55. The molecule has 3 heterocycles. The van der Waals surface area contributed by atoms with Gasteiger partial charge in [-0.25, -0.2) is 4.79 Å². The number of urea groups is 1. The second kappa shape index (κ2) is 7.76. The summed E-state index contributed by atoms with van der Waals surface area (Å²) in [6, 6.07) is -1.11. The monoisotopic (exact) mass is 413 g/mol. The molecule has 4 N–H and O–H groups in total. The van der Waals surface area contributed by atoms with Crippen LogP contribution in [0.3, 0.4) is 0 Å². The van der Waals surface area contributed by atoms with Gasteiger partial charge in [0.05, 0.1) is 0 Å². The topological polar surface area (TPSA) is 153 Å². The molecule has 2 saturated heterocycles. The Balaban J connectivity index is 1.67. The van der Waals surface area contributed by atoms with Gasteiger partial charge in [0.25, 0.3) is 0 Å². The van der Waals surface area contributed by atoms with Gasteiger partial charge < -0.3 is 20.6 Å². The molecule has 0 radical (unpaired) electrons. The molecule has 1 aromatic heterocycles. The minimum Gasteiger partial charge on any atom is -0.481 e. The molecule has 0 saturated carbocycles. The number of aromatic amines is 1. The van der Waals surface area contributed by atoms with Crippen LogP contribution in [0.25, 0.3) is 0 Å². The van der Waals surface area contributed by atoms with E-state index < -0.39 is 28.7 Å². The number of carbonyl (C=O) groups is 3. The number of hydrogen-bond donors (Lipinski definition) is 4. The lowest BCUT2D eigenvalue weighted by molar-refractivity contribution is -0.157. The molecule has 4 atom stereocenters. The van der Waals surface area contributed by atoms with Gasteiger partial charge in [-0.05, 0) is 5.21 Å². The normalized spacial score (nSPS) is 27.9. The van der Waals surface area contributed by atoms with Crippen LogP contribution in [0.1, 0.15) is 6.92 Å². The van der Waals surface area contributed by atoms with Crippen molar-refractivity contribution in [3.63, 3.8) is 0 Å². The van der Waals surface area contributed by atoms with E-state index in [-0.39, 0.29) is 17.8 Å². The van der Waals surface area contributed by atoms with E-state index in [9.17, 15) is 19.5 Å². The van der Waals surface area contributed by atoms with Crippen LogP contribution in [0.4, 0.5) is 4.79 Å². The highest BCUT2D eigenvalue weighted by molar-refractivity contribution is 8.01. The number of tetrazole rings is 1. The molecule has 2 fully saturated rings. The summed E-state index contributed by atoms with van der Waals surface area (Å²) in [5.41, 5.74) is -1.15. The summed E-state index contributed by atoms with van der Waals surface area (Å²) in [6.07, 6.45) is 1.54. The number of carboxylic acids is 1. The zero-order valence-electron chi connectivity index (χ0n) is 14.4. The molecule has 0 bridgehead atoms. The molecule has 146 valence electrons. The third kappa shape index (κ3) is 3.60. The second-order valence-electron chi connectivity index (χ2n) is 6.20. The Morgan fingerprint density at radius 3 is 3.04 bits per heavy atom. The first-order valence-electron chi connectivity index (χ1n) is 8.10. The Bertz CT molecular complexity index is 746. The van der Waals surface area contributed by atoms with Crippen molar-refractivity contribution in [1.82, 2.24) is 36.2 Å². The van der Waals surface area contributed by atoms with E-state index in [0.29, 0.717) is 17.5 Å². The van der Waals surface area contributed by atoms with Gasteiger partial charge in [-0.1, -0.05) is 24.8 Å². The largest absolute Gasteiger partial charge is 0.481 e. The van der Waals surface area contributed by atoms with Crippen molar-refractivity contribution in [2.75, 3.05) is 18.8 Å². The summed E-state index contributed by atoms with van der Waals surface area (Å²) in [5, 5.41) is 28.3. The van der Waals surface area contributed by atoms with Crippen LogP contribution in [-0.2, 0) is 9.59 Å². The Labute approximate surface area is 163 Å². The number of carbonyl (C=O) groups excluding carboxylic acids is 2. The number of β-lactam (4-membered cyclic amide) rings is 1. The summed E-state index contributed by atoms with van der Waals surface area (Å²) in [5.74, 6) is -0.969. The van der Waals surface area contributed by atoms with Crippen molar-refractivity contribution in [1.29, 1.82) is 0 Å². The number of aliphatic carboxylic acids is 1. The molecule has 0 spiro atoms. The van der Waals surface area contributed by atoms with Gasteiger partial charge in [-0.15, -0.1) is 28.5 Å². The molecule has 0 aliphatic carbocycles. The Hall–Kier alpha value is -2.28. The standard InChI is InChI=1S/C14H19N7O4S2/c1-3-4-15-12(25)16-8-9(22)21-5-14(11(23)24,6-26-10(8)21)7(2)27-13-17-19-20-18-13/h3,7-8,10H,1,4-6H2,2H3,(H,23,24)(H2,15,16,25)(H,17,18,19,20)/t7?,8?,10-,14?/m1/s1. The number of aromatic nitrogens is 4. The molecule has 0 aromatic carbocycles. The zero-order valence-corrected chi connectivity index (χ0v) is 16.0. The van der Waals surface area contributed by atoms with Crippen LogP contribution in [0.5, 0.6) is 0 Å². The number of nitrogens with zero attached hydrogens (tertiary/aromatic N) is 4. The van der Waals surface area contributed by atoms with E-state index in [4.69, 9.17) is 0 Å². The van der Waals surface area contributed by atoms with E-state index >= 15 is 0 Å². The molecule has 11 nitrogen and oxygen atoms in total. The van der Waals surface area contributed by atoms with E-state index in [1.165, 1.54) is 34.5 Å². The minimum atomic E-state index is -1.15. The van der Waals surface area contributed by atoms with E-state index in [0.717, 1.165) is 0 Å². The SMILES string of the molecule is C=CCNC(=O)NC1C(=O)N2CC(C(=O)O)(C(C)Sc3nn[nH]n3)CS[C@H]12. The lowest BCUT2D eigenvalue weighted by Gasteiger charge is -2.54. The molecular weight excluding hydrogens is 394 g/mol. The second-order valence-corrected chi connectivity index (χ2v) is 8.62. The van der Waals surface area contributed by atoms with E-state index in [2.05, 4.69) is 37.8 Å². The third-order valence-corrected chi connectivity index (χ3v) is 7.35. The first kappa shape index (κ1) is 19.5. The fraction of sp³-hybridized carbons (Fsp3) is 0.571. The van der Waals surface area contributed by atoms with Gasteiger partial charge in [0.15, 0.2) is 0 Å². The van der Waals surface area contributed by atoms with Gasteiger partial charge in [-0.3, -0.25) is 9.59 Å². The summed E-state index contributed by atoms with van der Waals surface area (Å²) in [6.45, 7) is 5.64. The van der Waals surface area contributed by atoms with Gasteiger partial charge in [0, 0.05) is 24.1 Å². The molecule has 2 aliphatic heterocycles. The van der Waals surface area contributed by atoms with E-state index in [1.807, 2.05) is 0 Å². The maximum absolute atomic E-state index is 12.5. The predicted molar refractivity (Wildman–Crippen MR) is 98.0 cm³/mol. The molecule has 3 rings (SSSR count). The molecule has 3 amide bonds. The number of carboxylic acid groups (broad SMARTS) is 1. The summed E-state index contributed by atoms with van der Waals surface area (Å²) < 4.78 is 0. The van der Waals surface area contributed by atoms with Crippen LogP contribution < -0.4 is 10.6 Å². The zero-order chi connectivity index (χ0) is 19.6. The average molecular weight is 413 g/mol. The van der Waals surface area contributed by atoms with Crippen molar-refractivity contribution < 1.29 is 19.5 Å². The van der Waals surface area contributed by atoms with Gasteiger partial charge >= 0.3 is 12.0 Å². The van der Waals surface area contributed by atoms with Crippen molar-refractivity contribution in [2.45, 2.75) is 28.7 Å². The molecule has 27 heavy (non-hydrogen) atoms. The maximum Gasteiger partial charge on any atom is 0.315 e. The fourth-order valence-electron chi connectivity index (χ4n) is 2.97. The Morgan fingerprint density at radius 1 is 1.63 bits per heavy atom. The number of hydrogen-bond acceptors (Lipinski definition) is 8. The predicted octanol–water partition coefficient (Wildman–Crippen LogP) is -0.480. The van der Waals surface area contributed by atoms with Crippen molar-refractivity contribution in [2.24, 2.45) is 5.41 Å². The van der Waals surface area contributed by atoms with Gasteiger partial charge in [-0.2, -0.15) is 5.21 Å². The highest BCUT2D eigenvalue weighted by Crippen LogP contribution is 2.47. The number of nitrogens with one attached hydrogen (secondary N) is 3. The number of thioether (sulfide) groups is 2. The van der Waals surface area contributed by atoms with Crippen LogP contribution in [0.2, 0.25) is 0 Å². The highest BCUT2D eigenvalue weighted by Gasteiger charge is 2.59. The minimum absolute atomic E-state index is 0.0668. The van der Waals surface area contributed by atoms with E-state index in [1.54, 1.807) is 6.92 Å². The smallest absolute Gasteiger partial charge is 0.315 e. The number of amides is 3. The van der Waals surface area contributed by atoms with Crippen molar-refractivity contribution >= 4 is 41.4 Å². The molecule has 1 aromatic rings. The Kier molecular flexibility index (Phi) is 5.60. The Morgan fingerprint density at radius 2 is 2.41 bits per heavy atom. The maximum atomic E-state index is 12.5. The first-order valence-corrected chi connectivity index (χ1v) is 10.0. The highest BCUT2D eigenvalue weighted by atomic mass is 32.2. The van der Waals surface area contributed by atoms with Crippen LogP contribution >= 0.6 is 23.5 Å². The quantitative estimate of drug-likeness (QED) is 0.264. The molecule has 13 heteroatoms. The molecule has 2 aliphatic rings. The lowest BCUT2D eigenvalue weighted by Crippen LogP contribution is -2.75. The lowest BCUT2D eigenvalue weighted by atomic mass is 9.84. The van der Waals surface area contributed by atoms with Crippen LogP contribution in [-0.4, -0.2) is 84.0 Å². The number of rotatable bonds is 7. The fourth-order valence-corrected chi connectivity index (χ4v) is 5.73. The van der Waals surface area contributed by atoms with Gasteiger partial charge in [0.1, 0.15) is 16.8 Å². The first-order chi connectivity index (χ1) is 12.9. The van der Waals surface area contributed by atoms with Crippen LogP contribution in [0.15, 0.2) is 17.8 Å². The third-order valence-electron chi connectivity index (χ3n) is 4.61. The van der Waals surface area contributed by atoms with Crippen LogP contribution in [0, 0.1) is 5.41 Å². The number of fused-ring (bicyclic) bond motifs is 1. The van der Waals surface area contributed by atoms with Crippen molar-refractivity contribution in [3.8, 4) is 0 Å². The number of H-pyrrole nitrogens is 1. The summed E-state index contributed by atoms with van der Waals surface area (Å²) in [4.78, 5) is 37.8. The van der Waals surface area contributed by atoms with Gasteiger partial charge in [0.2, 0.25) is 11.1 Å².